The molecule has 0 fully saturated rings. The van der Waals surface area contributed by atoms with Gasteiger partial charge in [-0.2, -0.15) is 4.98 Å². The molecule has 2 aromatic rings. The molecule has 0 aromatic carbocycles. The predicted octanol–water partition coefficient (Wildman–Crippen LogP) is 1.77. The largest absolute Gasteiger partial charge is 0.472 e. The average Bonchev–Trinajstić information content (AvgIpc) is 2.73. The van der Waals surface area contributed by atoms with Crippen LogP contribution in [0.15, 0.2) is 24.2 Å². The monoisotopic (exact) mass is 208 g/mol. The number of hydrogen-bond donors (Lipinski definition) is 0. The highest BCUT2D eigenvalue weighted by Crippen LogP contribution is 2.21. The number of ether oxygens (including phenoxy) is 1. The van der Waals surface area contributed by atoms with Crippen LogP contribution in [0.2, 0.25) is 0 Å². The molecule has 0 atom stereocenters. The van der Waals surface area contributed by atoms with Crippen LogP contribution < -0.4 is 4.74 Å². The van der Waals surface area contributed by atoms with Gasteiger partial charge in [-0.05, 0) is 0 Å². The molecule has 2 heterocycles. The molecule has 14 heavy (non-hydrogen) atoms. The molecule has 0 saturated heterocycles. The van der Waals surface area contributed by atoms with Gasteiger partial charge in [0.1, 0.15) is 6.61 Å². The summed E-state index contributed by atoms with van der Waals surface area (Å²) in [5.41, 5.74) is 0.447. The van der Waals surface area contributed by atoms with Crippen molar-refractivity contribution in [2.24, 2.45) is 0 Å². The van der Waals surface area contributed by atoms with Crippen molar-refractivity contribution in [1.82, 2.24) is 9.38 Å². The van der Waals surface area contributed by atoms with Crippen molar-refractivity contribution in [3.8, 4) is 5.88 Å². The zero-order valence-electron chi connectivity index (χ0n) is 7.34. The molecular weight excluding hydrogens is 200 g/mol. The summed E-state index contributed by atoms with van der Waals surface area (Å²) in [5, 5.41) is 1.87. The topological polar surface area (TPSA) is 43.6 Å². The summed E-state index contributed by atoms with van der Waals surface area (Å²) in [5.74, 6) is 0.367. The average molecular weight is 208 g/mol. The Kier molecular flexibility index (Phi) is 2.32. The first kappa shape index (κ1) is 8.96. The Bertz CT molecular complexity index is 472. The highest BCUT2D eigenvalue weighted by molar-refractivity contribution is 7.15. The van der Waals surface area contributed by atoms with E-state index in [-0.39, 0.29) is 0 Å². The fourth-order valence-electron chi connectivity index (χ4n) is 1.13. The van der Waals surface area contributed by atoms with Crippen LogP contribution in [0, 0.1) is 0 Å². The Labute approximate surface area is 84.5 Å². The summed E-state index contributed by atoms with van der Waals surface area (Å²) in [6, 6.07) is 0. The lowest BCUT2D eigenvalue weighted by Crippen LogP contribution is -1.97. The highest BCUT2D eigenvalue weighted by atomic mass is 32.1. The first-order valence-corrected chi connectivity index (χ1v) is 4.89. The third kappa shape index (κ3) is 1.31. The van der Waals surface area contributed by atoms with E-state index < -0.39 is 0 Å². The van der Waals surface area contributed by atoms with Gasteiger partial charge in [0.25, 0.3) is 0 Å². The molecule has 0 amide bonds. The Morgan fingerprint density at radius 3 is 3.29 bits per heavy atom. The van der Waals surface area contributed by atoms with E-state index in [0.29, 0.717) is 18.2 Å². The van der Waals surface area contributed by atoms with E-state index in [2.05, 4.69) is 11.6 Å². The van der Waals surface area contributed by atoms with Gasteiger partial charge in [0.15, 0.2) is 16.9 Å². The second kappa shape index (κ2) is 3.63. The zero-order valence-corrected chi connectivity index (χ0v) is 8.16. The van der Waals surface area contributed by atoms with Gasteiger partial charge in [0.2, 0.25) is 5.88 Å². The number of hydrogen-bond acceptors (Lipinski definition) is 4. The second-order valence-electron chi connectivity index (χ2n) is 2.58. The SMILES string of the molecule is C=CCOc1nc2sccn2c1C=O. The van der Waals surface area contributed by atoms with E-state index in [4.69, 9.17) is 4.74 Å². The Hall–Kier alpha value is -1.62. The van der Waals surface area contributed by atoms with Crippen molar-refractivity contribution in [3.63, 3.8) is 0 Å². The Morgan fingerprint density at radius 2 is 2.57 bits per heavy atom. The smallest absolute Gasteiger partial charge is 0.244 e. The number of fused-ring (bicyclic) bond motifs is 1. The molecule has 4 nitrogen and oxygen atoms in total. The van der Waals surface area contributed by atoms with E-state index in [1.807, 2.05) is 5.38 Å². The molecule has 2 aromatic heterocycles. The maximum Gasteiger partial charge on any atom is 0.244 e. The van der Waals surface area contributed by atoms with Crippen LogP contribution in [0.5, 0.6) is 5.88 Å². The minimum absolute atomic E-state index is 0.353. The van der Waals surface area contributed by atoms with E-state index in [9.17, 15) is 4.79 Å². The van der Waals surface area contributed by atoms with Crippen molar-refractivity contribution >= 4 is 22.6 Å². The number of aromatic nitrogens is 2. The summed E-state index contributed by atoms with van der Waals surface area (Å²) in [4.78, 5) is 15.7. The number of nitrogens with zero attached hydrogens (tertiary/aromatic N) is 2. The maximum absolute atomic E-state index is 10.8. The van der Waals surface area contributed by atoms with Crippen LogP contribution in [0.1, 0.15) is 10.5 Å². The summed E-state index contributed by atoms with van der Waals surface area (Å²) >= 11 is 1.46. The third-order valence-electron chi connectivity index (χ3n) is 1.71. The van der Waals surface area contributed by atoms with Gasteiger partial charge in [-0.1, -0.05) is 12.7 Å². The van der Waals surface area contributed by atoms with Gasteiger partial charge in [-0.3, -0.25) is 9.20 Å². The van der Waals surface area contributed by atoms with Gasteiger partial charge in [0, 0.05) is 11.6 Å². The lowest BCUT2D eigenvalue weighted by Gasteiger charge is -1.97. The fourth-order valence-corrected chi connectivity index (χ4v) is 1.85. The molecule has 0 spiro atoms. The number of carbonyl (C=O) groups is 1. The lowest BCUT2D eigenvalue weighted by molar-refractivity contribution is 0.111. The van der Waals surface area contributed by atoms with E-state index in [0.717, 1.165) is 11.2 Å². The van der Waals surface area contributed by atoms with Crippen LogP contribution in [-0.2, 0) is 0 Å². The summed E-state index contributed by atoms with van der Waals surface area (Å²) in [6.45, 7) is 3.88. The van der Waals surface area contributed by atoms with E-state index >= 15 is 0 Å². The molecule has 0 bridgehead atoms. The van der Waals surface area contributed by atoms with Crippen molar-refractivity contribution < 1.29 is 9.53 Å². The molecule has 2 rings (SSSR count). The number of imidazole rings is 1. The van der Waals surface area contributed by atoms with Crippen molar-refractivity contribution in [2.75, 3.05) is 6.61 Å². The highest BCUT2D eigenvalue weighted by Gasteiger charge is 2.12. The fraction of sp³-hybridized carbons (Fsp3) is 0.111. The second-order valence-corrected chi connectivity index (χ2v) is 3.45. The summed E-state index contributed by atoms with van der Waals surface area (Å²) in [6.07, 6.45) is 4.14. The van der Waals surface area contributed by atoms with Crippen molar-refractivity contribution in [1.29, 1.82) is 0 Å². The molecule has 0 N–H and O–H groups in total. The lowest BCUT2D eigenvalue weighted by atomic mass is 10.5. The number of thiazole rings is 1. The first-order valence-electron chi connectivity index (χ1n) is 4.01. The first-order chi connectivity index (χ1) is 6.86. The molecule has 5 heteroatoms. The number of carbonyl (C=O) groups excluding carboxylic acids is 1. The maximum atomic E-state index is 10.8. The van der Waals surface area contributed by atoms with Gasteiger partial charge in [0.05, 0.1) is 0 Å². The van der Waals surface area contributed by atoms with Crippen LogP contribution in [-0.4, -0.2) is 22.3 Å². The Morgan fingerprint density at radius 1 is 1.71 bits per heavy atom. The summed E-state index contributed by atoms with van der Waals surface area (Å²) < 4.78 is 6.95. The molecule has 0 unspecified atom stereocenters. The van der Waals surface area contributed by atoms with Gasteiger partial charge >= 0.3 is 0 Å². The predicted molar refractivity (Wildman–Crippen MR) is 54.1 cm³/mol. The van der Waals surface area contributed by atoms with Crippen LogP contribution >= 0.6 is 11.3 Å². The van der Waals surface area contributed by atoms with Crippen LogP contribution in [0.4, 0.5) is 0 Å². The van der Waals surface area contributed by atoms with Gasteiger partial charge in [-0.15, -0.1) is 11.3 Å². The molecule has 0 aliphatic heterocycles. The third-order valence-corrected chi connectivity index (χ3v) is 2.47. The van der Waals surface area contributed by atoms with Crippen molar-refractivity contribution in [2.45, 2.75) is 0 Å². The van der Waals surface area contributed by atoms with Crippen LogP contribution in [0.25, 0.3) is 4.96 Å². The summed E-state index contributed by atoms with van der Waals surface area (Å²) in [7, 11) is 0. The van der Waals surface area contributed by atoms with E-state index in [1.165, 1.54) is 11.3 Å². The minimum Gasteiger partial charge on any atom is -0.472 e. The normalized spacial score (nSPS) is 10.3. The quantitative estimate of drug-likeness (QED) is 0.568. The molecule has 0 saturated carbocycles. The number of rotatable bonds is 4. The van der Waals surface area contributed by atoms with Crippen molar-refractivity contribution in [3.05, 3.63) is 29.9 Å². The Balaban J connectivity index is 2.46. The standard InChI is InChI=1S/C9H8N2O2S/c1-2-4-13-8-7(6-12)11-3-5-14-9(11)10-8/h2-3,5-6H,1,4H2. The molecule has 0 radical (unpaired) electrons. The van der Waals surface area contributed by atoms with Gasteiger partial charge < -0.3 is 4.74 Å². The minimum atomic E-state index is 0.353. The van der Waals surface area contributed by atoms with E-state index in [1.54, 1.807) is 16.7 Å². The molecular formula is C9H8N2O2S. The van der Waals surface area contributed by atoms with Gasteiger partial charge in [-0.25, -0.2) is 0 Å². The molecule has 0 aliphatic rings. The zero-order chi connectivity index (χ0) is 9.97. The molecule has 72 valence electrons. The number of aldehydes is 1. The van der Waals surface area contributed by atoms with Crippen LogP contribution in [0.3, 0.4) is 0 Å². The molecule has 0 aliphatic carbocycles.